The fourth-order valence-corrected chi connectivity index (χ4v) is 2.58. The summed E-state index contributed by atoms with van der Waals surface area (Å²) in [7, 11) is 3.50. The van der Waals surface area contributed by atoms with Crippen molar-refractivity contribution in [2.75, 3.05) is 19.5 Å². The number of nitrogens with zero attached hydrogens (tertiary/aromatic N) is 2. The number of methoxy groups -OCH3 is 1. The summed E-state index contributed by atoms with van der Waals surface area (Å²) in [6.45, 7) is 2.03. The molecule has 0 amide bonds. The Labute approximate surface area is 129 Å². The van der Waals surface area contributed by atoms with Gasteiger partial charge in [-0.2, -0.15) is 0 Å². The SMILES string of the molecule is CNc1nc(C2CC2)nc(-c2ccc(Cl)c(OC)c2)c1C. The number of benzene rings is 1. The van der Waals surface area contributed by atoms with Crippen LogP contribution in [0, 0.1) is 6.92 Å². The minimum Gasteiger partial charge on any atom is -0.495 e. The largest absolute Gasteiger partial charge is 0.495 e. The highest BCUT2D eigenvalue weighted by molar-refractivity contribution is 6.32. The Morgan fingerprint density at radius 1 is 1.29 bits per heavy atom. The third-order valence-corrected chi connectivity index (χ3v) is 4.08. The summed E-state index contributed by atoms with van der Waals surface area (Å²) >= 11 is 6.10. The van der Waals surface area contributed by atoms with E-state index >= 15 is 0 Å². The van der Waals surface area contributed by atoms with Crippen LogP contribution in [-0.4, -0.2) is 24.1 Å². The molecule has 0 saturated heterocycles. The molecule has 0 bridgehead atoms. The highest BCUT2D eigenvalue weighted by Crippen LogP contribution is 2.40. The lowest BCUT2D eigenvalue weighted by molar-refractivity contribution is 0.415. The van der Waals surface area contributed by atoms with E-state index in [2.05, 4.69) is 10.3 Å². The second-order valence-corrected chi connectivity index (χ2v) is 5.68. The molecule has 1 saturated carbocycles. The summed E-state index contributed by atoms with van der Waals surface area (Å²) in [4.78, 5) is 9.39. The van der Waals surface area contributed by atoms with Crippen LogP contribution in [0.1, 0.15) is 30.1 Å². The lowest BCUT2D eigenvalue weighted by Gasteiger charge is -2.13. The summed E-state index contributed by atoms with van der Waals surface area (Å²) < 4.78 is 5.30. The minimum absolute atomic E-state index is 0.505. The van der Waals surface area contributed by atoms with Gasteiger partial charge in [0.15, 0.2) is 0 Å². The van der Waals surface area contributed by atoms with Gasteiger partial charge in [-0.1, -0.05) is 17.7 Å². The molecule has 1 aromatic carbocycles. The van der Waals surface area contributed by atoms with Crippen molar-refractivity contribution in [3.8, 4) is 17.0 Å². The lowest BCUT2D eigenvalue weighted by atomic mass is 10.1. The number of hydrogen-bond acceptors (Lipinski definition) is 4. The number of anilines is 1. The Hall–Kier alpha value is -1.81. The van der Waals surface area contributed by atoms with Crippen LogP contribution in [0.25, 0.3) is 11.3 Å². The standard InChI is InChI=1S/C16H18ClN3O/c1-9-14(11-6-7-12(17)13(8-11)21-3)19-16(10-4-5-10)20-15(9)18-2/h6-8,10H,4-5H2,1-3H3,(H,18,19,20). The van der Waals surface area contributed by atoms with Gasteiger partial charge in [-0.3, -0.25) is 0 Å². The van der Waals surface area contributed by atoms with Crippen LogP contribution in [-0.2, 0) is 0 Å². The summed E-state index contributed by atoms with van der Waals surface area (Å²) in [6.07, 6.45) is 2.35. The normalized spacial score (nSPS) is 14.1. The van der Waals surface area contributed by atoms with E-state index in [4.69, 9.17) is 21.3 Å². The molecule has 1 aromatic heterocycles. The molecule has 110 valence electrons. The number of ether oxygens (including phenoxy) is 1. The Morgan fingerprint density at radius 2 is 2.05 bits per heavy atom. The van der Waals surface area contributed by atoms with E-state index in [0.717, 1.165) is 28.5 Å². The van der Waals surface area contributed by atoms with Gasteiger partial charge in [-0.15, -0.1) is 0 Å². The molecule has 4 nitrogen and oxygen atoms in total. The Kier molecular flexibility index (Phi) is 3.72. The zero-order valence-electron chi connectivity index (χ0n) is 12.4. The monoisotopic (exact) mass is 303 g/mol. The van der Waals surface area contributed by atoms with Crippen molar-refractivity contribution in [1.29, 1.82) is 0 Å². The molecule has 21 heavy (non-hydrogen) atoms. The maximum atomic E-state index is 6.10. The second kappa shape index (κ2) is 5.53. The molecular formula is C16H18ClN3O. The molecule has 1 aliphatic rings. The van der Waals surface area contributed by atoms with E-state index in [1.54, 1.807) is 7.11 Å². The predicted octanol–water partition coefficient (Wildman–Crippen LogP) is 4.03. The van der Waals surface area contributed by atoms with Crippen molar-refractivity contribution in [3.63, 3.8) is 0 Å². The van der Waals surface area contributed by atoms with E-state index in [1.165, 1.54) is 12.8 Å². The first-order chi connectivity index (χ1) is 10.1. The van der Waals surface area contributed by atoms with Crippen LogP contribution in [0.3, 0.4) is 0 Å². The molecule has 3 rings (SSSR count). The lowest BCUT2D eigenvalue weighted by Crippen LogP contribution is -2.04. The van der Waals surface area contributed by atoms with E-state index in [0.29, 0.717) is 16.7 Å². The van der Waals surface area contributed by atoms with Gasteiger partial charge in [0.25, 0.3) is 0 Å². The van der Waals surface area contributed by atoms with Gasteiger partial charge in [0.1, 0.15) is 17.4 Å². The molecule has 0 unspecified atom stereocenters. The Bertz CT molecular complexity index is 683. The zero-order valence-corrected chi connectivity index (χ0v) is 13.2. The molecule has 0 radical (unpaired) electrons. The van der Waals surface area contributed by atoms with Gasteiger partial charge in [-0.05, 0) is 31.9 Å². The van der Waals surface area contributed by atoms with Crippen molar-refractivity contribution in [1.82, 2.24) is 9.97 Å². The van der Waals surface area contributed by atoms with Gasteiger partial charge in [0, 0.05) is 24.1 Å². The van der Waals surface area contributed by atoms with Crippen molar-refractivity contribution < 1.29 is 4.74 Å². The Balaban J connectivity index is 2.14. The third kappa shape index (κ3) is 2.68. The average molecular weight is 304 g/mol. The van der Waals surface area contributed by atoms with E-state index in [-0.39, 0.29) is 0 Å². The van der Waals surface area contributed by atoms with E-state index in [1.807, 2.05) is 32.2 Å². The van der Waals surface area contributed by atoms with Crippen LogP contribution in [0.4, 0.5) is 5.82 Å². The van der Waals surface area contributed by atoms with E-state index < -0.39 is 0 Å². The van der Waals surface area contributed by atoms with Crippen LogP contribution in [0.15, 0.2) is 18.2 Å². The predicted molar refractivity (Wildman–Crippen MR) is 85.3 cm³/mol. The average Bonchev–Trinajstić information content (AvgIpc) is 3.33. The van der Waals surface area contributed by atoms with Gasteiger partial charge >= 0.3 is 0 Å². The number of halogens is 1. The first-order valence-corrected chi connectivity index (χ1v) is 7.42. The highest BCUT2D eigenvalue weighted by Gasteiger charge is 2.28. The smallest absolute Gasteiger partial charge is 0.138 e. The second-order valence-electron chi connectivity index (χ2n) is 5.28. The molecule has 5 heteroatoms. The summed E-state index contributed by atoms with van der Waals surface area (Å²) in [6, 6.07) is 5.73. The minimum atomic E-state index is 0.505. The van der Waals surface area contributed by atoms with Crippen molar-refractivity contribution in [2.24, 2.45) is 0 Å². The van der Waals surface area contributed by atoms with Gasteiger partial charge in [0.2, 0.25) is 0 Å². The third-order valence-electron chi connectivity index (χ3n) is 3.77. The molecule has 1 aliphatic carbocycles. The summed E-state index contributed by atoms with van der Waals surface area (Å²) in [5.74, 6) is 2.97. The molecule has 1 fully saturated rings. The van der Waals surface area contributed by atoms with Crippen LogP contribution >= 0.6 is 11.6 Å². The number of hydrogen-bond donors (Lipinski definition) is 1. The molecule has 0 atom stereocenters. The fourth-order valence-electron chi connectivity index (χ4n) is 2.39. The highest BCUT2D eigenvalue weighted by atomic mass is 35.5. The van der Waals surface area contributed by atoms with Crippen LogP contribution in [0.2, 0.25) is 5.02 Å². The molecule has 2 aromatic rings. The molecular weight excluding hydrogens is 286 g/mol. The van der Waals surface area contributed by atoms with Gasteiger partial charge in [-0.25, -0.2) is 9.97 Å². The van der Waals surface area contributed by atoms with Gasteiger partial charge in [0.05, 0.1) is 17.8 Å². The first kappa shape index (κ1) is 14.1. The maximum absolute atomic E-state index is 6.10. The van der Waals surface area contributed by atoms with Crippen LogP contribution in [0.5, 0.6) is 5.75 Å². The summed E-state index contributed by atoms with van der Waals surface area (Å²) in [5, 5.41) is 3.76. The molecule has 0 aliphatic heterocycles. The summed E-state index contributed by atoms with van der Waals surface area (Å²) in [5.41, 5.74) is 2.96. The number of rotatable bonds is 4. The Morgan fingerprint density at radius 3 is 2.67 bits per heavy atom. The fraction of sp³-hybridized carbons (Fsp3) is 0.375. The molecule has 0 spiro atoms. The van der Waals surface area contributed by atoms with Crippen molar-refractivity contribution in [2.45, 2.75) is 25.7 Å². The molecule has 1 N–H and O–H groups in total. The topological polar surface area (TPSA) is 47.0 Å². The first-order valence-electron chi connectivity index (χ1n) is 7.04. The number of aromatic nitrogens is 2. The molecule has 1 heterocycles. The maximum Gasteiger partial charge on any atom is 0.138 e. The quantitative estimate of drug-likeness (QED) is 0.926. The van der Waals surface area contributed by atoms with E-state index in [9.17, 15) is 0 Å². The zero-order chi connectivity index (χ0) is 15.0. The van der Waals surface area contributed by atoms with Gasteiger partial charge < -0.3 is 10.1 Å². The van der Waals surface area contributed by atoms with Crippen LogP contribution < -0.4 is 10.1 Å². The number of nitrogens with one attached hydrogen (secondary N) is 1. The van der Waals surface area contributed by atoms with Crippen molar-refractivity contribution >= 4 is 17.4 Å². The van der Waals surface area contributed by atoms with Crippen molar-refractivity contribution in [3.05, 3.63) is 34.6 Å².